The van der Waals surface area contributed by atoms with Gasteiger partial charge in [-0.05, 0) is 20.9 Å². The molecule has 7 heteroatoms. The molecule has 0 unspecified atom stereocenters. The maximum atomic E-state index is 10.5. The van der Waals surface area contributed by atoms with Gasteiger partial charge in [0.25, 0.3) is 0 Å². The number of likely N-dealkylation sites (tertiary alicyclic amines) is 1. The summed E-state index contributed by atoms with van der Waals surface area (Å²) in [6.07, 6.45) is 3.50. The van der Waals surface area contributed by atoms with E-state index in [2.05, 4.69) is 50.9 Å². The van der Waals surface area contributed by atoms with Gasteiger partial charge >= 0.3 is 0 Å². The van der Waals surface area contributed by atoms with Crippen molar-refractivity contribution >= 4 is 5.95 Å². The number of nitrogens with zero attached hydrogens (tertiary/aromatic N) is 5. The number of piperazine rings is 1. The second-order valence-electron chi connectivity index (χ2n) is 7.38. The first-order valence-corrected chi connectivity index (χ1v) is 8.91. The molecule has 0 saturated carbocycles. The Morgan fingerprint density at radius 2 is 1.83 bits per heavy atom. The van der Waals surface area contributed by atoms with Gasteiger partial charge in [-0.25, -0.2) is 9.97 Å². The normalized spacial score (nSPS) is 27.0. The Bertz CT molecular complexity index is 514. The van der Waals surface area contributed by atoms with Crippen molar-refractivity contribution in [3.63, 3.8) is 0 Å². The lowest BCUT2D eigenvalue weighted by Crippen LogP contribution is -2.52. The van der Waals surface area contributed by atoms with Gasteiger partial charge in [0.05, 0.1) is 6.10 Å². The van der Waals surface area contributed by atoms with E-state index in [1.165, 1.54) is 0 Å². The van der Waals surface area contributed by atoms with Crippen LogP contribution in [-0.2, 0) is 6.54 Å². The zero-order valence-corrected chi connectivity index (χ0v) is 15.0. The van der Waals surface area contributed by atoms with Crippen LogP contribution < -0.4 is 5.32 Å². The number of likely N-dealkylation sites (N-methyl/N-ethyl adjacent to an activating group) is 1. The van der Waals surface area contributed by atoms with E-state index < -0.39 is 0 Å². The highest BCUT2D eigenvalue weighted by atomic mass is 16.3. The molecule has 2 N–H and O–H groups in total. The minimum Gasteiger partial charge on any atom is -0.390 e. The maximum absolute atomic E-state index is 10.5. The summed E-state index contributed by atoms with van der Waals surface area (Å²) >= 11 is 0. The lowest BCUT2D eigenvalue weighted by atomic mass is 10.1. The Balaban J connectivity index is 1.53. The van der Waals surface area contributed by atoms with Crippen LogP contribution in [0, 0.1) is 0 Å². The maximum Gasteiger partial charge on any atom is 0.222 e. The molecule has 0 bridgehead atoms. The molecule has 0 radical (unpaired) electrons. The number of aromatic nitrogens is 2. The van der Waals surface area contributed by atoms with Crippen molar-refractivity contribution < 1.29 is 5.11 Å². The number of hydrogen-bond donors (Lipinski definition) is 2. The van der Waals surface area contributed by atoms with Gasteiger partial charge in [0.1, 0.15) is 0 Å². The highest BCUT2D eigenvalue weighted by molar-refractivity contribution is 5.25. The van der Waals surface area contributed by atoms with Gasteiger partial charge in [-0.3, -0.25) is 9.80 Å². The molecule has 1 aromatic heterocycles. The number of hydrogen-bond acceptors (Lipinski definition) is 7. The fourth-order valence-electron chi connectivity index (χ4n) is 3.52. The fraction of sp³-hybridized carbons (Fsp3) is 0.765. The molecule has 7 nitrogen and oxygen atoms in total. The van der Waals surface area contributed by atoms with Gasteiger partial charge in [0.2, 0.25) is 5.95 Å². The highest BCUT2D eigenvalue weighted by Crippen LogP contribution is 2.20. The molecule has 2 aliphatic rings. The lowest BCUT2D eigenvalue weighted by Gasteiger charge is -2.37. The van der Waals surface area contributed by atoms with E-state index in [0.717, 1.165) is 51.4 Å². The predicted molar refractivity (Wildman–Crippen MR) is 94.9 cm³/mol. The number of aliphatic hydroxyl groups is 1. The van der Waals surface area contributed by atoms with Crippen molar-refractivity contribution in [2.75, 3.05) is 51.6 Å². The van der Waals surface area contributed by atoms with E-state index in [4.69, 9.17) is 0 Å². The van der Waals surface area contributed by atoms with E-state index in [-0.39, 0.29) is 12.1 Å². The molecule has 2 atom stereocenters. The number of anilines is 1. The molecule has 2 saturated heterocycles. The van der Waals surface area contributed by atoms with Crippen LogP contribution in [0.25, 0.3) is 0 Å². The van der Waals surface area contributed by atoms with E-state index in [1.807, 2.05) is 12.4 Å². The number of nitrogens with one attached hydrogen (secondary N) is 1. The van der Waals surface area contributed by atoms with Gasteiger partial charge in [-0.15, -0.1) is 0 Å². The quantitative estimate of drug-likeness (QED) is 0.791. The van der Waals surface area contributed by atoms with E-state index in [0.29, 0.717) is 12.0 Å². The average molecular weight is 334 g/mol. The number of aliphatic hydroxyl groups excluding tert-OH is 1. The molecule has 2 fully saturated rings. The van der Waals surface area contributed by atoms with Gasteiger partial charge in [0.15, 0.2) is 0 Å². The van der Waals surface area contributed by atoms with Crippen LogP contribution in [0.5, 0.6) is 0 Å². The van der Waals surface area contributed by atoms with Crippen molar-refractivity contribution in [3.05, 3.63) is 18.0 Å². The summed E-state index contributed by atoms with van der Waals surface area (Å²) in [7, 11) is 2.16. The number of rotatable bonds is 5. The Morgan fingerprint density at radius 1 is 1.17 bits per heavy atom. The van der Waals surface area contributed by atoms with Gasteiger partial charge < -0.3 is 15.3 Å². The van der Waals surface area contributed by atoms with Crippen molar-refractivity contribution in [2.24, 2.45) is 0 Å². The second kappa shape index (κ2) is 7.74. The Labute approximate surface area is 144 Å². The third kappa shape index (κ3) is 4.42. The molecule has 0 aliphatic carbocycles. The van der Waals surface area contributed by atoms with Crippen LogP contribution in [0.15, 0.2) is 12.4 Å². The minimum atomic E-state index is -0.267. The van der Waals surface area contributed by atoms with Gasteiger partial charge in [0, 0.05) is 75.9 Å². The predicted octanol–water partition coefficient (Wildman–Crippen LogP) is 0.0894. The van der Waals surface area contributed by atoms with E-state index >= 15 is 0 Å². The lowest BCUT2D eigenvalue weighted by molar-refractivity contribution is 0.0512. The van der Waals surface area contributed by atoms with Crippen LogP contribution in [0.1, 0.15) is 19.4 Å². The Kier molecular flexibility index (Phi) is 5.65. The first-order valence-electron chi connectivity index (χ1n) is 8.91. The summed E-state index contributed by atoms with van der Waals surface area (Å²) in [5.41, 5.74) is 1.09. The third-order valence-corrected chi connectivity index (χ3v) is 4.87. The first kappa shape index (κ1) is 17.5. The third-order valence-electron chi connectivity index (χ3n) is 4.87. The summed E-state index contributed by atoms with van der Waals surface area (Å²) in [5, 5.41) is 13.7. The van der Waals surface area contributed by atoms with Crippen LogP contribution in [-0.4, -0.2) is 94.3 Å². The molecule has 3 rings (SSSR count). The molecule has 134 valence electrons. The van der Waals surface area contributed by atoms with Crippen LogP contribution in [0.4, 0.5) is 5.95 Å². The van der Waals surface area contributed by atoms with Crippen molar-refractivity contribution in [1.82, 2.24) is 24.7 Å². The fourth-order valence-corrected chi connectivity index (χ4v) is 3.52. The summed E-state index contributed by atoms with van der Waals surface area (Å²) in [6.45, 7) is 10.8. The van der Waals surface area contributed by atoms with Crippen LogP contribution >= 0.6 is 0 Å². The topological polar surface area (TPSA) is 67.8 Å². The Morgan fingerprint density at radius 3 is 2.46 bits per heavy atom. The average Bonchev–Trinajstić information content (AvgIpc) is 2.90. The minimum absolute atomic E-state index is 0.251. The summed E-state index contributed by atoms with van der Waals surface area (Å²) in [5.74, 6) is 0.672. The summed E-state index contributed by atoms with van der Waals surface area (Å²) in [6, 6.07) is 0.579. The molecular formula is C17H30N6O. The smallest absolute Gasteiger partial charge is 0.222 e. The Hall–Kier alpha value is -1.28. The monoisotopic (exact) mass is 334 g/mol. The first-order chi connectivity index (χ1) is 11.5. The molecule has 0 aromatic carbocycles. The molecule has 0 spiro atoms. The largest absolute Gasteiger partial charge is 0.390 e. The molecule has 24 heavy (non-hydrogen) atoms. The zero-order chi connectivity index (χ0) is 17.1. The highest BCUT2D eigenvalue weighted by Gasteiger charge is 2.36. The van der Waals surface area contributed by atoms with Crippen LogP contribution in [0.3, 0.4) is 0 Å². The molecule has 1 aromatic rings. The van der Waals surface area contributed by atoms with E-state index in [9.17, 15) is 5.11 Å². The zero-order valence-electron chi connectivity index (χ0n) is 15.0. The molecule has 0 amide bonds. The molecule has 2 aliphatic heterocycles. The SMILES string of the molecule is CC(C)Nc1ncc(CN2C[C@@H](O)[C@H](N3CCN(C)CC3)C2)cn1. The van der Waals surface area contributed by atoms with Crippen LogP contribution in [0.2, 0.25) is 0 Å². The molecular weight excluding hydrogens is 304 g/mol. The van der Waals surface area contributed by atoms with Crippen molar-refractivity contribution in [1.29, 1.82) is 0 Å². The van der Waals surface area contributed by atoms with Crippen molar-refractivity contribution in [2.45, 2.75) is 38.6 Å². The van der Waals surface area contributed by atoms with Gasteiger partial charge in [-0.2, -0.15) is 0 Å². The summed E-state index contributed by atoms with van der Waals surface area (Å²) in [4.78, 5) is 15.8. The number of β-amino-alcohol motifs (C(OH)–C–C–N with tert-alkyl or cyclic N) is 1. The van der Waals surface area contributed by atoms with Gasteiger partial charge in [-0.1, -0.05) is 0 Å². The standard InChI is InChI=1S/C17H30N6O/c1-13(2)20-17-18-8-14(9-19-17)10-22-11-15(16(24)12-22)23-6-4-21(3)5-7-23/h8-9,13,15-16,24H,4-7,10-12H2,1-3H3,(H,18,19,20)/t15-,16-/m1/s1. The molecule has 3 heterocycles. The van der Waals surface area contributed by atoms with Crippen molar-refractivity contribution in [3.8, 4) is 0 Å². The summed E-state index contributed by atoms with van der Waals surface area (Å²) < 4.78 is 0. The second-order valence-corrected chi connectivity index (χ2v) is 7.38. The van der Waals surface area contributed by atoms with E-state index in [1.54, 1.807) is 0 Å².